The van der Waals surface area contributed by atoms with Gasteiger partial charge in [-0.05, 0) is 36.8 Å². The average molecular weight is 386 g/mol. The highest BCUT2D eigenvalue weighted by Crippen LogP contribution is 2.30. The molecule has 3 rings (SSSR count). The zero-order valence-corrected chi connectivity index (χ0v) is 16.0. The van der Waals surface area contributed by atoms with Gasteiger partial charge < -0.3 is 14.8 Å². The van der Waals surface area contributed by atoms with Gasteiger partial charge in [-0.1, -0.05) is 29.8 Å². The number of aromatic nitrogens is 2. The van der Waals surface area contributed by atoms with Crippen molar-refractivity contribution in [3.63, 3.8) is 0 Å². The fourth-order valence-electron chi connectivity index (χ4n) is 2.77. The summed E-state index contributed by atoms with van der Waals surface area (Å²) in [5, 5.41) is 10.5. The van der Waals surface area contributed by atoms with Crippen LogP contribution in [0.1, 0.15) is 28.9 Å². The number of carbonyl (C=O) groups is 1. The number of nitrogens with one attached hydrogen (secondary N) is 2. The van der Waals surface area contributed by atoms with Gasteiger partial charge in [0.25, 0.3) is 5.91 Å². The Morgan fingerprint density at radius 2 is 1.81 bits per heavy atom. The summed E-state index contributed by atoms with van der Waals surface area (Å²) in [6, 6.07) is 12.5. The normalized spacial score (nSPS) is 11.7. The van der Waals surface area contributed by atoms with Crippen LogP contribution in [0.5, 0.6) is 11.5 Å². The highest BCUT2D eigenvalue weighted by molar-refractivity contribution is 6.30. The second-order valence-corrected chi connectivity index (χ2v) is 6.41. The molecule has 0 radical (unpaired) electrons. The Morgan fingerprint density at radius 1 is 1.11 bits per heavy atom. The molecule has 2 N–H and O–H groups in total. The van der Waals surface area contributed by atoms with E-state index in [0.717, 1.165) is 11.1 Å². The number of H-pyrrole nitrogens is 1. The van der Waals surface area contributed by atoms with Crippen LogP contribution in [0.3, 0.4) is 0 Å². The first-order chi connectivity index (χ1) is 13.0. The molecule has 1 atom stereocenters. The van der Waals surface area contributed by atoms with Crippen LogP contribution >= 0.6 is 11.6 Å². The molecule has 0 saturated carbocycles. The molecule has 1 unspecified atom stereocenters. The molecule has 1 amide bonds. The molecule has 0 aliphatic heterocycles. The summed E-state index contributed by atoms with van der Waals surface area (Å²) >= 11 is 5.93. The van der Waals surface area contributed by atoms with Crippen LogP contribution in [0.2, 0.25) is 5.02 Å². The van der Waals surface area contributed by atoms with Gasteiger partial charge in [-0.3, -0.25) is 9.89 Å². The van der Waals surface area contributed by atoms with E-state index in [0.29, 0.717) is 27.8 Å². The van der Waals surface area contributed by atoms with Gasteiger partial charge in [-0.25, -0.2) is 0 Å². The molecule has 0 aliphatic rings. The Balaban J connectivity index is 1.80. The molecule has 7 heteroatoms. The van der Waals surface area contributed by atoms with Gasteiger partial charge in [0.2, 0.25) is 0 Å². The van der Waals surface area contributed by atoms with E-state index >= 15 is 0 Å². The molecule has 140 valence electrons. The SMILES string of the molecule is COc1ccc(C(C)NC(=O)c2cn[nH]c2-c2ccc(Cl)cc2)cc1OC. The molecule has 1 heterocycles. The van der Waals surface area contributed by atoms with Crippen LogP contribution < -0.4 is 14.8 Å². The van der Waals surface area contributed by atoms with Gasteiger partial charge in [0.15, 0.2) is 11.5 Å². The molecule has 0 fully saturated rings. The average Bonchev–Trinajstić information content (AvgIpc) is 3.17. The van der Waals surface area contributed by atoms with E-state index in [-0.39, 0.29) is 11.9 Å². The summed E-state index contributed by atoms with van der Waals surface area (Å²) in [6.07, 6.45) is 1.51. The number of carbonyl (C=O) groups excluding carboxylic acids is 1. The van der Waals surface area contributed by atoms with Crippen molar-refractivity contribution < 1.29 is 14.3 Å². The van der Waals surface area contributed by atoms with Crippen LogP contribution in [0.25, 0.3) is 11.3 Å². The van der Waals surface area contributed by atoms with Crippen molar-refractivity contribution in [1.29, 1.82) is 0 Å². The third-order valence-corrected chi connectivity index (χ3v) is 4.52. The number of hydrogen-bond acceptors (Lipinski definition) is 4. The predicted octanol–water partition coefficient (Wildman–Crippen LogP) is 4.24. The van der Waals surface area contributed by atoms with Crippen molar-refractivity contribution in [2.24, 2.45) is 0 Å². The smallest absolute Gasteiger partial charge is 0.255 e. The molecule has 0 spiro atoms. The van der Waals surface area contributed by atoms with Gasteiger partial charge in [0, 0.05) is 10.6 Å². The molecule has 3 aromatic rings. The number of ether oxygens (including phenoxy) is 2. The van der Waals surface area contributed by atoms with Gasteiger partial charge >= 0.3 is 0 Å². The van der Waals surface area contributed by atoms with Crippen LogP contribution in [0.15, 0.2) is 48.7 Å². The van der Waals surface area contributed by atoms with Crippen LogP contribution in [-0.4, -0.2) is 30.3 Å². The fraction of sp³-hybridized carbons (Fsp3) is 0.200. The summed E-state index contributed by atoms with van der Waals surface area (Å²) in [6.45, 7) is 1.90. The van der Waals surface area contributed by atoms with Gasteiger partial charge in [-0.15, -0.1) is 0 Å². The number of benzene rings is 2. The zero-order chi connectivity index (χ0) is 19.4. The first-order valence-corrected chi connectivity index (χ1v) is 8.73. The van der Waals surface area contributed by atoms with Crippen LogP contribution in [0.4, 0.5) is 0 Å². The number of methoxy groups -OCH3 is 2. The standard InChI is InChI=1S/C20H20ClN3O3/c1-12(14-6-9-17(26-2)18(10-14)27-3)23-20(25)16-11-22-24-19(16)13-4-7-15(21)8-5-13/h4-12H,1-3H3,(H,22,24)(H,23,25). The first-order valence-electron chi connectivity index (χ1n) is 8.35. The Kier molecular flexibility index (Phi) is 5.66. The lowest BCUT2D eigenvalue weighted by atomic mass is 10.1. The van der Waals surface area contributed by atoms with Crippen molar-refractivity contribution in [2.45, 2.75) is 13.0 Å². The van der Waals surface area contributed by atoms with E-state index in [1.165, 1.54) is 6.20 Å². The Morgan fingerprint density at radius 3 is 2.48 bits per heavy atom. The second kappa shape index (κ2) is 8.14. The van der Waals surface area contributed by atoms with E-state index in [2.05, 4.69) is 15.5 Å². The number of amides is 1. The zero-order valence-electron chi connectivity index (χ0n) is 15.2. The minimum Gasteiger partial charge on any atom is -0.493 e. The molecule has 2 aromatic carbocycles. The lowest BCUT2D eigenvalue weighted by molar-refractivity contribution is 0.0940. The van der Waals surface area contributed by atoms with Crippen molar-refractivity contribution >= 4 is 17.5 Å². The van der Waals surface area contributed by atoms with Gasteiger partial charge in [0.1, 0.15) is 0 Å². The monoisotopic (exact) mass is 385 g/mol. The fourth-order valence-corrected chi connectivity index (χ4v) is 2.90. The summed E-state index contributed by atoms with van der Waals surface area (Å²) in [5.74, 6) is 1.02. The van der Waals surface area contributed by atoms with E-state index in [9.17, 15) is 4.79 Å². The molecular weight excluding hydrogens is 366 g/mol. The minimum atomic E-state index is -0.231. The quantitative estimate of drug-likeness (QED) is 0.665. The van der Waals surface area contributed by atoms with Gasteiger partial charge in [-0.2, -0.15) is 5.10 Å². The molecular formula is C20H20ClN3O3. The summed E-state index contributed by atoms with van der Waals surface area (Å²) in [7, 11) is 3.16. The molecule has 0 saturated heterocycles. The lowest BCUT2D eigenvalue weighted by Gasteiger charge is -2.16. The number of hydrogen-bond donors (Lipinski definition) is 2. The Bertz CT molecular complexity index is 938. The predicted molar refractivity (Wildman–Crippen MR) is 104 cm³/mol. The summed E-state index contributed by atoms with van der Waals surface area (Å²) < 4.78 is 10.6. The van der Waals surface area contributed by atoms with E-state index in [4.69, 9.17) is 21.1 Å². The summed E-state index contributed by atoms with van der Waals surface area (Å²) in [4.78, 5) is 12.8. The third-order valence-electron chi connectivity index (χ3n) is 4.27. The highest BCUT2D eigenvalue weighted by atomic mass is 35.5. The van der Waals surface area contributed by atoms with Crippen LogP contribution in [0, 0.1) is 0 Å². The minimum absolute atomic E-state index is 0.226. The first kappa shape index (κ1) is 18.8. The Labute approximate surface area is 162 Å². The highest BCUT2D eigenvalue weighted by Gasteiger charge is 2.18. The molecule has 6 nitrogen and oxygen atoms in total. The Hall–Kier alpha value is -2.99. The van der Waals surface area contributed by atoms with Crippen molar-refractivity contribution in [2.75, 3.05) is 14.2 Å². The van der Waals surface area contributed by atoms with Crippen molar-refractivity contribution in [3.8, 4) is 22.8 Å². The molecule has 0 aliphatic carbocycles. The van der Waals surface area contributed by atoms with E-state index < -0.39 is 0 Å². The largest absolute Gasteiger partial charge is 0.493 e. The van der Waals surface area contributed by atoms with Crippen LogP contribution in [-0.2, 0) is 0 Å². The maximum absolute atomic E-state index is 12.8. The number of nitrogens with zero attached hydrogens (tertiary/aromatic N) is 1. The van der Waals surface area contributed by atoms with Crippen molar-refractivity contribution in [3.05, 3.63) is 64.8 Å². The van der Waals surface area contributed by atoms with Crippen molar-refractivity contribution in [1.82, 2.24) is 15.5 Å². The van der Waals surface area contributed by atoms with E-state index in [1.54, 1.807) is 26.4 Å². The number of aromatic amines is 1. The second-order valence-electron chi connectivity index (χ2n) is 5.98. The number of halogens is 1. The number of rotatable bonds is 6. The molecule has 0 bridgehead atoms. The topological polar surface area (TPSA) is 76.2 Å². The molecule has 1 aromatic heterocycles. The maximum Gasteiger partial charge on any atom is 0.255 e. The molecule has 27 heavy (non-hydrogen) atoms. The third kappa shape index (κ3) is 4.06. The lowest BCUT2D eigenvalue weighted by Crippen LogP contribution is -2.26. The van der Waals surface area contributed by atoms with E-state index in [1.807, 2.05) is 37.3 Å². The van der Waals surface area contributed by atoms with Gasteiger partial charge in [0.05, 0.1) is 37.7 Å². The summed E-state index contributed by atoms with van der Waals surface area (Å²) in [5.41, 5.74) is 2.84. The maximum atomic E-state index is 12.8.